The monoisotopic (exact) mass is 283 g/mol. The minimum atomic E-state index is -0.881. The van der Waals surface area contributed by atoms with Crippen molar-refractivity contribution >= 4 is 23.8 Å². The highest BCUT2D eigenvalue weighted by Crippen LogP contribution is 2.24. The Labute approximate surface area is 115 Å². The van der Waals surface area contributed by atoms with Crippen molar-refractivity contribution < 1.29 is 24.3 Å². The number of hydrogen-bond donors (Lipinski definition) is 1. The fourth-order valence-corrected chi connectivity index (χ4v) is 2.29. The van der Waals surface area contributed by atoms with Gasteiger partial charge in [0.15, 0.2) is 0 Å². The number of hydrogen-bond acceptors (Lipinski definition) is 4. The van der Waals surface area contributed by atoms with E-state index in [1.54, 1.807) is 6.92 Å². The Balaban J connectivity index is 1.85. The van der Waals surface area contributed by atoms with Gasteiger partial charge < -0.3 is 14.9 Å². The molecule has 1 unspecified atom stereocenters. The lowest BCUT2D eigenvalue weighted by molar-refractivity contribution is -0.151. The van der Waals surface area contributed by atoms with Gasteiger partial charge >= 0.3 is 12.0 Å². The van der Waals surface area contributed by atoms with E-state index in [-0.39, 0.29) is 30.8 Å². The largest absolute Gasteiger partial charge is 0.481 e. The molecule has 4 amide bonds. The molecular weight excluding hydrogens is 266 g/mol. The summed E-state index contributed by atoms with van der Waals surface area (Å²) in [4.78, 5) is 49.5. The van der Waals surface area contributed by atoms with E-state index in [2.05, 4.69) is 0 Å². The first kappa shape index (κ1) is 14.3. The van der Waals surface area contributed by atoms with Crippen molar-refractivity contribution in [1.82, 2.24) is 14.7 Å². The first-order valence-corrected chi connectivity index (χ1v) is 6.37. The van der Waals surface area contributed by atoms with E-state index in [1.165, 1.54) is 16.8 Å². The van der Waals surface area contributed by atoms with Crippen LogP contribution in [0.4, 0.5) is 4.79 Å². The number of carboxylic acids is 1. The van der Waals surface area contributed by atoms with Gasteiger partial charge in [-0.1, -0.05) is 6.92 Å². The maximum Gasteiger partial charge on any atom is 0.327 e. The maximum atomic E-state index is 11.9. The van der Waals surface area contributed by atoms with E-state index >= 15 is 0 Å². The van der Waals surface area contributed by atoms with E-state index in [0.717, 1.165) is 4.90 Å². The number of nitrogens with zero attached hydrogens (tertiary/aromatic N) is 3. The number of imide groups is 1. The zero-order valence-corrected chi connectivity index (χ0v) is 11.4. The first-order chi connectivity index (χ1) is 9.31. The molecule has 110 valence electrons. The number of likely N-dealkylation sites (tertiary alicyclic amines) is 1. The smallest absolute Gasteiger partial charge is 0.327 e. The Bertz CT molecular complexity index is 472. The molecule has 1 N–H and O–H groups in total. The maximum absolute atomic E-state index is 11.9. The molecule has 2 heterocycles. The minimum Gasteiger partial charge on any atom is -0.481 e. The molecule has 8 heteroatoms. The van der Waals surface area contributed by atoms with Crippen LogP contribution in [0.15, 0.2) is 0 Å². The number of carboxylic acid groups (broad SMARTS) is 1. The van der Waals surface area contributed by atoms with Crippen LogP contribution in [0.3, 0.4) is 0 Å². The van der Waals surface area contributed by atoms with Gasteiger partial charge in [-0.05, 0) is 0 Å². The Morgan fingerprint density at radius 2 is 1.95 bits per heavy atom. The molecule has 0 bridgehead atoms. The van der Waals surface area contributed by atoms with Crippen LogP contribution in [0, 0.1) is 11.8 Å². The second kappa shape index (κ2) is 5.10. The van der Waals surface area contributed by atoms with Crippen molar-refractivity contribution in [3.63, 3.8) is 0 Å². The quantitative estimate of drug-likeness (QED) is 0.671. The average molecular weight is 283 g/mol. The molecule has 0 radical (unpaired) electrons. The van der Waals surface area contributed by atoms with Crippen LogP contribution in [0.5, 0.6) is 0 Å². The molecule has 2 aliphatic rings. The van der Waals surface area contributed by atoms with Crippen molar-refractivity contribution in [2.45, 2.75) is 6.92 Å². The Kier molecular flexibility index (Phi) is 3.65. The van der Waals surface area contributed by atoms with Crippen LogP contribution in [0.2, 0.25) is 0 Å². The van der Waals surface area contributed by atoms with Gasteiger partial charge in [-0.3, -0.25) is 19.3 Å². The molecule has 2 aliphatic heterocycles. The van der Waals surface area contributed by atoms with Crippen molar-refractivity contribution in [2.75, 3.05) is 33.2 Å². The molecule has 1 atom stereocenters. The number of aliphatic carboxylic acids is 1. The molecule has 0 spiro atoms. The van der Waals surface area contributed by atoms with Gasteiger partial charge in [0.05, 0.1) is 5.92 Å². The zero-order valence-electron chi connectivity index (χ0n) is 11.4. The summed E-state index contributed by atoms with van der Waals surface area (Å²) in [5, 5.41) is 8.86. The molecule has 8 nitrogen and oxygen atoms in total. The number of rotatable bonds is 4. The molecule has 20 heavy (non-hydrogen) atoms. The van der Waals surface area contributed by atoms with Crippen molar-refractivity contribution in [3.8, 4) is 0 Å². The van der Waals surface area contributed by atoms with E-state index in [4.69, 9.17) is 5.11 Å². The van der Waals surface area contributed by atoms with Crippen molar-refractivity contribution in [2.24, 2.45) is 11.8 Å². The van der Waals surface area contributed by atoms with Gasteiger partial charge in [-0.2, -0.15) is 0 Å². The highest BCUT2D eigenvalue weighted by molar-refractivity contribution is 6.04. The van der Waals surface area contributed by atoms with Gasteiger partial charge in [-0.25, -0.2) is 4.79 Å². The van der Waals surface area contributed by atoms with Crippen molar-refractivity contribution in [1.29, 1.82) is 0 Å². The van der Waals surface area contributed by atoms with Crippen LogP contribution < -0.4 is 0 Å². The fraction of sp³-hybridized carbons (Fsp3) is 0.667. The Morgan fingerprint density at radius 1 is 1.35 bits per heavy atom. The summed E-state index contributed by atoms with van der Waals surface area (Å²) in [5.74, 6) is -2.16. The third-order valence-electron chi connectivity index (χ3n) is 3.88. The van der Waals surface area contributed by atoms with Gasteiger partial charge in [0.25, 0.3) is 5.91 Å². The number of urea groups is 1. The van der Waals surface area contributed by atoms with Gasteiger partial charge in [0, 0.05) is 26.1 Å². The fourth-order valence-electron chi connectivity index (χ4n) is 2.29. The van der Waals surface area contributed by atoms with Gasteiger partial charge in [0.1, 0.15) is 13.1 Å². The van der Waals surface area contributed by atoms with E-state index in [9.17, 15) is 19.2 Å². The predicted molar refractivity (Wildman–Crippen MR) is 66.6 cm³/mol. The average Bonchev–Trinajstić information content (AvgIpc) is 2.53. The van der Waals surface area contributed by atoms with Gasteiger partial charge in [0.2, 0.25) is 5.91 Å². The van der Waals surface area contributed by atoms with Crippen molar-refractivity contribution in [3.05, 3.63) is 0 Å². The standard InChI is InChI=1S/C12H17N3O5/c1-7(11(18)19)8-3-14(4-8)9(16)6-15-10(17)5-13(2)12(15)20/h7-8H,3-6H2,1-2H3,(H,18,19). The highest BCUT2D eigenvalue weighted by Gasteiger charge is 2.40. The second-order valence-corrected chi connectivity index (χ2v) is 5.30. The topological polar surface area (TPSA) is 98.2 Å². The van der Waals surface area contributed by atoms with Crippen LogP contribution in [0.25, 0.3) is 0 Å². The Hall–Kier alpha value is -2.12. The predicted octanol–water partition coefficient (Wildman–Crippen LogP) is -0.940. The molecule has 2 rings (SSSR count). The molecule has 0 aliphatic carbocycles. The highest BCUT2D eigenvalue weighted by atomic mass is 16.4. The van der Waals surface area contributed by atoms with E-state index in [0.29, 0.717) is 13.1 Å². The van der Waals surface area contributed by atoms with E-state index < -0.39 is 17.9 Å². The third kappa shape index (κ3) is 2.45. The second-order valence-electron chi connectivity index (χ2n) is 5.30. The van der Waals surface area contributed by atoms with Crippen LogP contribution in [-0.2, 0) is 14.4 Å². The number of likely N-dealkylation sites (N-methyl/N-ethyl adjacent to an activating group) is 1. The molecule has 0 aromatic heterocycles. The summed E-state index contributed by atoms with van der Waals surface area (Å²) in [5.41, 5.74) is 0. The summed E-state index contributed by atoms with van der Waals surface area (Å²) >= 11 is 0. The first-order valence-electron chi connectivity index (χ1n) is 6.37. The number of amides is 4. The summed E-state index contributed by atoms with van der Waals surface area (Å²) in [6.07, 6.45) is 0. The molecule has 2 fully saturated rings. The minimum absolute atomic E-state index is 0.00914. The van der Waals surface area contributed by atoms with E-state index in [1.807, 2.05) is 0 Å². The lowest BCUT2D eigenvalue weighted by Crippen LogP contribution is -2.56. The normalized spacial score (nSPS) is 21.2. The molecule has 0 aromatic rings. The molecular formula is C12H17N3O5. The molecule has 2 saturated heterocycles. The molecule has 0 saturated carbocycles. The zero-order chi connectivity index (χ0) is 15.0. The Morgan fingerprint density at radius 3 is 2.40 bits per heavy atom. The molecule has 0 aromatic carbocycles. The number of carbonyl (C=O) groups excluding carboxylic acids is 3. The summed E-state index contributed by atoms with van der Waals surface area (Å²) in [7, 11) is 1.50. The number of carbonyl (C=O) groups is 4. The lowest BCUT2D eigenvalue weighted by Gasteiger charge is -2.41. The SMILES string of the molecule is CC(C(=O)O)C1CN(C(=O)CN2C(=O)CN(C)C2=O)C1. The van der Waals surface area contributed by atoms with Gasteiger partial charge in [-0.15, -0.1) is 0 Å². The summed E-state index contributed by atoms with van der Waals surface area (Å²) < 4.78 is 0. The third-order valence-corrected chi connectivity index (χ3v) is 3.88. The van der Waals surface area contributed by atoms with Crippen LogP contribution >= 0.6 is 0 Å². The lowest BCUT2D eigenvalue weighted by atomic mass is 9.87. The van der Waals surface area contributed by atoms with Crippen LogP contribution in [-0.4, -0.2) is 76.8 Å². The summed E-state index contributed by atoms with van der Waals surface area (Å²) in [6.45, 7) is 2.05. The summed E-state index contributed by atoms with van der Waals surface area (Å²) in [6, 6.07) is -0.473. The van der Waals surface area contributed by atoms with Crippen LogP contribution in [0.1, 0.15) is 6.92 Å².